The van der Waals surface area contributed by atoms with Gasteiger partial charge in [0, 0.05) is 0 Å². The quantitative estimate of drug-likeness (QED) is 0.652. The van der Waals surface area contributed by atoms with E-state index >= 15 is 0 Å². The first-order valence-corrected chi connectivity index (χ1v) is 6.90. The Balaban J connectivity index is 2.31. The monoisotopic (exact) mass is 315 g/mol. The summed E-state index contributed by atoms with van der Waals surface area (Å²) in [7, 11) is 0. The molecule has 5 heteroatoms. The van der Waals surface area contributed by atoms with E-state index in [1.165, 1.54) is 11.6 Å². The number of rotatable bonds is 3. The van der Waals surface area contributed by atoms with Crippen LogP contribution >= 0.6 is 34.8 Å². The summed E-state index contributed by atoms with van der Waals surface area (Å²) in [6, 6.07) is 9.27. The van der Waals surface area contributed by atoms with Crippen LogP contribution in [0.25, 0.3) is 0 Å². The maximum Gasteiger partial charge on any atom is 0.239 e. The third-order valence-electron chi connectivity index (χ3n) is 2.59. The van der Waals surface area contributed by atoms with Gasteiger partial charge in [-0.15, -0.1) is 0 Å². The van der Waals surface area contributed by atoms with E-state index in [0.717, 1.165) is 0 Å². The Morgan fingerprint density at radius 3 is 2.47 bits per heavy atom. The topological polar surface area (TPSA) is 22.1 Å². The minimum atomic E-state index is 0.168. The van der Waals surface area contributed by atoms with E-state index < -0.39 is 0 Å². The van der Waals surface area contributed by atoms with Gasteiger partial charge in [0.1, 0.15) is 10.8 Å². The first-order valence-electron chi connectivity index (χ1n) is 5.76. The number of pyridine rings is 1. The number of aromatic nitrogens is 1. The second kappa shape index (κ2) is 6.00. The third-order valence-corrected chi connectivity index (χ3v) is 3.54. The molecule has 1 aromatic heterocycles. The molecule has 0 aliphatic rings. The third kappa shape index (κ3) is 3.53. The van der Waals surface area contributed by atoms with Gasteiger partial charge in [0.05, 0.1) is 5.02 Å². The zero-order chi connectivity index (χ0) is 14.0. The fraction of sp³-hybridized carbons (Fsp3) is 0.214. The fourth-order valence-electron chi connectivity index (χ4n) is 1.55. The van der Waals surface area contributed by atoms with Gasteiger partial charge < -0.3 is 4.74 Å². The summed E-state index contributed by atoms with van der Waals surface area (Å²) in [5, 5.41) is 0.792. The lowest BCUT2D eigenvalue weighted by atomic mass is 10.0. The number of benzene rings is 1. The standard InChI is InChI=1S/C14H12Cl3NO/c1-8(2)9-4-3-5-10(6-9)19-14-12(16)7-11(15)13(17)18-14/h3-8H,1-2H3. The van der Waals surface area contributed by atoms with E-state index in [2.05, 4.69) is 18.8 Å². The number of ether oxygens (including phenoxy) is 1. The van der Waals surface area contributed by atoms with Crippen LogP contribution in [-0.2, 0) is 0 Å². The predicted molar refractivity (Wildman–Crippen MR) is 79.9 cm³/mol. The molecule has 1 aromatic carbocycles. The molecule has 0 radical (unpaired) electrons. The Hall–Kier alpha value is -0.960. The summed E-state index contributed by atoms with van der Waals surface area (Å²) in [5.41, 5.74) is 1.17. The molecule has 0 unspecified atom stereocenters. The highest BCUT2D eigenvalue weighted by atomic mass is 35.5. The Kier molecular flexibility index (Phi) is 4.56. The van der Waals surface area contributed by atoms with Crippen LogP contribution in [0.4, 0.5) is 0 Å². The average Bonchev–Trinajstić information content (AvgIpc) is 2.36. The van der Waals surface area contributed by atoms with Crippen LogP contribution in [0.15, 0.2) is 30.3 Å². The van der Waals surface area contributed by atoms with Crippen molar-refractivity contribution in [1.29, 1.82) is 0 Å². The lowest BCUT2D eigenvalue weighted by Crippen LogP contribution is -1.92. The maximum atomic E-state index is 6.02. The van der Waals surface area contributed by atoms with Crippen molar-refractivity contribution >= 4 is 34.8 Å². The van der Waals surface area contributed by atoms with Crippen molar-refractivity contribution in [1.82, 2.24) is 4.98 Å². The SMILES string of the molecule is CC(C)c1cccc(Oc2nc(Cl)c(Cl)cc2Cl)c1. The van der Waals surface area contributed by atoms with E-state index in [1.807, 2.05) is 24.3 Å². The van der Waals surface area contributed by atoms with E-state index in [-0.39, 0.29) is 11.0 Å². The fourth-order valence-corrected chi connectivity index (χ4v) is 2.08. The summed E-state index contributed by atoms with van der Waals surface area (Å²) in [6.45, 7) is 4.23. The van der Waals surface area contributed by atoms with Gasteiger partial charge in [-0.25, -0.2) is 0 Å². The van der Waals surface area contributed by atoms with Crippen molar-refractivity contribution < 1.29 is 4.74 Å². The first kappa shape index (κ1) is 14.4. The molecule has 0 atom stereocenters. The molecule has 0 fully saturated rings. The van der Waals surface area contributed by atoms with Crippen LogP contribution in [0.2, 0.25) is 15.2 Å². The highest BCUT2D eigenvalue weighted by Gasteiger charge is 2.10. The molecule has 0 amide bonds. The Morgan fingerprint density at radius 2 is 1.79 bits per heavy atom. The van der Waals surface area contributed by atoms with E-state index in [9.17, 15) is 0 Å². The van der Waals surface area contributed by atoms with Crippen LogP contribution in [0.1, 0.15) is 25.3 Å². The van der Waals surface area contributed by atoms with E-state index in [4.69, 9.17) is 39.5 Å². The number of hydrogen-bond acceptors (Lipinski definition) is 2. The van der Waals surface area contributed by atoms with Crippen molar-refractivity contribution in [3.63, 3.8) is 0 Å². The maximum absolute atomic E-state index is 6.02. The van der Waals surface area contributed by atoms with Gasteiger partial charge in [-0.05, 0) is 29.7 Å². The molecular weight excluding hydrogens is 305 g/mol. The molecule has 0 aliphatic carbocycles. The van der Waals surface area contributed by atoms with Crippen LogP contribution in [0.5, 0.6) is 11.6 Å². The minimum absolute atomic E-state index is 0.168. The summed E-state index contributed by atoms with van der Waals surface area (Å²) in [6.07, 6.45) is 0. The summed E-state index contributed by atoms with van der Waals surface area (Å²) < 4.78 is 5.65. The van der Waals surface area contributed by atoms with Gasteiger partial charge in [-0.2, -0.15) is 4.98 Å². The predicted octanol–water partition coefficient (Wildman–Crippen LogP) is 5.96. The van der Waals surface area contributed by atoms with Crippen molar-refractivity contribution in [3.05, 3.63) is 51.1 Å². The second-order valence-corrected chi connectivity index (χ2v) is 5.55. The molecule has 0 N–H and O–H groups in total. The van der Waals surface area contributed by atoms with Gasteiger partial charge in [0.2, 0.25) is 5.88 Å². The Morgan fingerprint density at radius 1 is 1.05 bits per heavy atom. The van der Waals surface area contributed by atoms with Crippen LogP contribution in [-0.4, -0.2) is 4.98 Å². The number of hydrogen-bond donors (Lipinski definition) is 0. The summed E-state index contributed by atoms with van der Waals surface area (Å²) >= 11 is 17.7. The molecular formula is C14H12Cl3NO. The molecule has 0 spiro atoms. The van der Waals surface area contributed by atoms with Gasteiger partial charge >= 0.3 is 0 Å². The highest BCUT2D eigenvalue weighted by Crippen LogP contribution is 2.33. The van der Waals surface area contributed by atoms with Crippen LogP contribution in [0.3, 0.4) is 0 Å². The van der Waals surface area contributed by atoms with Crippen LogP contribution < -0.4 is 4.74 Å². The second-order valence-electron chi connectivity index (χ2n) is 4.38. The molecule has 19 heavy (non-hydrogen) atoms. The van der Waals surface area contributed by atoms with E-state index in [0.29, 0.717) is 21.7 Å². The number of halogens is 3. The summed E-state index contributed by atoms with van der Waals surface area (Å²) in [5.74, 6) is 1.33. The van der Waals surface area contributed by atoms with Crippen molar-refractivity contribution in [2.75, 3.05) is 0 Å². The molecule has 100 valence electrons. The minimum Gasteiger partial charge on any atom is -0.437 e. The normalized spacial score (nSPS) is 10.8. The molecule has 0 saturated heterocycles. The zero-order valence-corrected chi connectivity index (χ0v) is 12.7. The molecule has 2 aromatic rings. The van der Waals surface area contributed by atoms with E-state index in [1.54, 1.807) is 0 Å². The molecule has 0 saturated carbocycles. The smallest absolute Gasteiger partial charge is 0.239 e. The zero-order valence-electron chi connectivity index (χ0n) is 10.5. The van der Waals surface area contributed by atoms with Crippen LogP contribution in [0, 0.1) is 0 Å². The highest BCUT2D eigenvalue weighted by molar-refractivity contribution is 6.42. The Labute approximate surface area is 127 Å². The first-order chi connectivity index (χ1) is 8.97. The molecule has 2 nitrogen and oxygen atoms in total. The number of nitrogens with zero attached hydrogens (tertiary/aromatic N) is 1. The summed E-state index contributed by atoms with van der Waals surface area (Å²) in [4.78, 5) is 4.02. The molecule has 0 aliphatic heterocycles. The molecule has 2 rings (SSSR count). The lowest BCUT2D eigenvalue weighted by Gasteiger charge is -2.10. The van der Waals surface area contributed by atoms with Crippen molar-refractivity contribution in [2.45, 2.75) is 19.8 Å². The molecule has 0 bridgehead atoms. The van der Waals surface area contributed by atoms with Crippen molar-refractivity contribution in [2.24, 2.45) is 0 Å². The average molecular weight is 317 g/mol. The molecule has 1 heterocycles. The Bertz CT molecular complexity index is 599. The van der Waals surface area contributed by atoms with Gasteiger partial charge in [0.25, 0.3) is 0 Å². The van der Waals surface area contributed by atoms with Gasteiger partial charge in [0.15, 0.2) is 5.15 Å². The lowest BCUT2D eigenvalue weighted by molar-refractivity contribution is 0.462. The van der Waals surface area contributed by atoms with Gasteiger partial charge in [-0.1, -0.05) is 60.8 Å². The van der Waals surface area contributed by atoms with Crippen molar-refractivity contribution in [3.8, 4) is 11.6 Å². The largest absolute Gasteiger partial charge is 0.437 e. The van der Waals surface area contributed by atoms with Gasteiger partial charge in [-0.3, -0.25) is 0 Å².